The lowest BCUT2D eigenvalue weighted by molar-refractivity contribution is -0.132. The minimum atomic E-state index is -0.0461. The average molecular weight is 466 g/mol. The van der Waals surface area contributed by atoms with Gasteiger partial charge in [-0.1, -0.05) is 66.7 Å². The van der Waals surface area contributed by atoms with Crippen molar-refractivity contribution in [2.24, 2.45) is 0 Å². The molecule has 178 valence electrons. The Kier molecular flexibility index (Phi) is 6.66. The van der Waals surface area contributed by atoms with Crippen LogP contribution in [0.4, 0.5) is 0 Å². The van der Waals surface area contributed by atoms with Crippen molar-refractivity contribution in [1.29, 1.82) is 0 Å². The largest absolute Gasteiger partial charge is 0.361 e. The Morgan fingerprint density at radius 1 is 0.914 bits per heavy atom. The van der Waals surface area contributed by atoms with E-state index in [0.717, 1.165) is 35.9 Å². The Morgan fingerprint density at radius 2 is 1.63 bits per heavy atom. The minimum absolute atomic E-state index is 0.0115. The molecule has 1 N–H and O–H groups in total. The number of rotatable bonds is 9. The summed E-state index contributed by atoms with van der Waals surface area (Å²) >= 11 is 0. The molecule has 1 aliphatic rings. The monoisotopic (exact) mass is 465 g/mol. The first-order chi connectivity index (χ1) is 17.1. The van der Waals surface area contributed by atoms with E-state index in [1.165, 1.54) is 10.9 Å². The van der Waals surface area contributed by atoms with E-state index in [0.29, 0.717) is 18.7 Å². The van der Waals surface area contributed by atoms with Crippen molar-refractivity contribution < 1.29 is 9.59 Å². The van der Waals surface area contributed by atoms with Gasteiger partial charge in [-0.2, -0.15) is 0 Å². The molecular formula is C30H31N3O2. The van der Waals surface area contributed by atoms with E-state index in [4.69, 9.17) is 0 Å². The van der Waals surface area contributed by atoms with Crippen LogP contribution in [0.1, 0.15) is 39.9 Å². The maximum Gasteiger partial charge on any atom is 0.254 e. The van der Waals surface area contributed by atoms with Crippen molar-refractivity contribution in [3.8, 4) is 0 Å². The second kappa shape index (κ2) is 10.2. The third-order valence-electron chi connectivity index (χ3n) is 6.82. The molecule has 0 aliphatic heterocycles. The van der Waals surface area contributed by atoms with Gasteiger partial charge in [-0.05, 0) is 55.0 Å². The second-order valence-corrected chi connectivity index (χ2v) is 9.39. The Balaban J connectivity index is 1.35. The van der Waals surface area contributed by atoms with Gasteiger partial charge in [0.15, 0.2) is 0 Å². The maximum absolute atomic E-state index is 13.7. The number of fused-ring (bicyclic) bond motifs is 1. The fourth-order valence-electron chi connectivity index (χ4n) is 4.66. The topological polar surface area (TPSA) is 56.4 Å². The van der Waals surface area contributed by atoms with Crippen LogP contribution in [-0.2, 0) is 17.8 Å². The second-order valence-electron chi connectivity index (χ2n) is 9.39. The molecule has 4 aromatic rings. The standard InChI is InChI=1S/C30H31N3O2/c1-22-9-5-6-12-26(22)30(35)33(25-15-16-25)21-29(34)32(20-23-10-3-2-4-11-23)18-17-24-19-31-28-14-8-7-13-27(24)28/h2-14,19,25,31H,15-18,20-21H2,1H3. The van der Waals surface area contributed by atoms with Crippen LogP contribution in [0.25, 0.3) is 10.9 Å². The first kappa shape index (κ1) is 22.9. The number of carbonyl (C=O) groups is 2. The van der Waals surface area contributed by atoms with Crippen LogP contribution in [0.15, 0.2) is 85.1 Å². The van der Waals surface area contributed by atoms with E-state index in [-0.39, 0.29) is 24.4 Å². The molecule has 2 amide bonds. The lowest BCUT2D eigenvalue weighted by atomic mass is 10.1. The number of nitrogens with zero attached hydrogens (tertiary/aromatic N) is 2. The number of hydrogen-bond acceptors (Lipinski definition) is 2. The summed E-state index contributed by atoms with van der Waals surface area (Å²) in [5, 5.41) is 1.19. The van der Waals surface area contributed by atoms with Gasteiger partial charge in [-0.3, -0.25) is 9.59 Å². The SMILES string of the molecule is Cc1ccccc1C(=O)N(CC(=O)N(CCc1c[nH]c2ccccc12)Cc1ccccc1)C1CC1. The van der Waals surface area contributed by atoms with Crippen LogP contribution in [0.5, 0.6) is 0 Å². The average Bonchev–Trinajstić information content (AvgIpc) is 3.65. The van der Waals surface area contributed by atoms with Gasteiger partial charge < -0.3 is 14.8 Å². The maximum atomic E-state index is 13.7. The minimum Gasteiger partial charge on any atom is -0.361 e. The number of para-hydroxylation sites is 1. The molecule has 0 unspecified atom stereocenters. The third kappa shape index (κ3) is 5.29. The first-order valence-electron chi connectivity index (χ1n) is 12.3. The Labute approximate surface area is 206 Å². The van der Waals surface area contributed by atoms with E-state index in [1.807, 2.05) is 84.8 Å². The molecule has 1 saturated carbocycles. The van der Waals surface area contributed by atoms with Crippen LogP contribution >= 0.6 is 0 Å². The zero-order valence-corrected chi connectivity index (χ0v) is 20.1. The quantitative estimate of drug-likeness (QED) is 0.362. The molecule has 1 aliphatic carbocycles. The smallest absolute Gasteiger partial charge is 0.254 e. The molecule has 1 fully saturated rings. The Hall–Kier alpha value is -3.86. The number of carbonyl (C=O) groups excluding carboxylic acids is 2. The zero-order valence-electron chi connectivity index (χ0n) is 20.1. The van der Waals surface area contributed by atoms with Gasteiger partial charge in [0.2, 0.25) is 5.91 Å². The van der Waals surface area contributed by atoms with Crippen LogP contribution in [0.2, 0.25) is 0 Å². The van der Waals surface area contributed by atoms with Gasteiger partial charge in [0.05, 0.1) is 0 Å². The number of amides is 2. The van der Waals surface area contributed by atoms with Crippen molar-refractivity contribution in [3.05, 3.63) is 107 Å². The highest BCUT2D eigenvalue weighted by Gasteiger charge is 2.35. The molecule has 0 bridgehead atoms. The Morgan fingerprint density at radius 3 is 2.40 bits per heavy atom. The highest BCUT2D eigenvalue weighted by molar-refractivity contribution is 5.98. The molecule has 3 aromatic carbocycles. The highest BCUT2D eigenvalue weighted by atomic mass is 16.2. The summed E-state index contributed by atoms with van der Waals surface area (Å²) in [6.07, 6.45) is 4.70. The van der Waals surface area contributed by atoms with Crippen molar-refractivity contribution in [2.45, 2.75) is 38.8 Å². The highest BCUT2D eigenvalue weighted by Crippen LogP contribution is 2.29. The predicted molar refractivity (Wildman–Crippen MR) is 139 cm³/mol. The molecule has 0 radical (unpaired) electrons. The molecule has 5 nitrogen and oxygen atoms in total. The lowest BCUT2D eigenvalue weighted by Crippen LogP contribution is -2.44. The van der Waals surface area contributed by atoms with Gasteiger partial charge in [0.1, 0.15) is 6.54 Å². The number of H-pyrrole nitrogens is 1. The number of aromatic nitrogens is 1. The summed E-state index contributed by atoms with van der Waals surface area (Å²) in [6.45, 7) is 3.17. The molecule has 5 rings (SSSR count). The fraction of sp³-hybridized carbons (Fsp3) is 0.267. The van der Waals surface area contributed by atoms with E-state index in [1.54, 1.807) is 4.90 Å². The van der Waals surface area contributed by atoms with Crippen LogP contribution in [-0.4, -0.2) is 45.7 Å². The van der Waals surface area contributed by atoms with Crippen molar-refractivity contribution in [3.63, 3.8) is 0 Å². The number of aryl methyl sites for hydroxylation is 1. The Bertz CT molecular complexity index is 1320. The molecule has 0 atom stereocenters. The zero-order chi connectivity index (χ0) is 24.2. The van der Waals surface area contributed by atoms with Crippen LogP contribution < -0.4 is 0 Å². The molecule has 35 heavy (non-hydrogen) atoms. The first-order valence-corrected chi connectivity index (χ1v) is 12.3. The summed E-state index contributed by atoms with van der Waals surface area (Å²) in [4.78, 5) is 34.1. The van der Waals surface area contributed by atoms with Gasteiger partial charge in [-0.25, -0.2) is 0 Å². The number of nitrogens with one attached hydrogen (secondary N) is 1. The van der Waals surface area contributed by atoms with Gasteiger partial charge in [-0.15, -0.1) is 0 Å². The summed E-state index contributed by atoms with van der Waals surface area (Å²) in [5.41, 5.74) is 5.01. The molecule has 1 aromatic heterocycles. The summed E-state index contributed by atoms with van der Waals surface area (Å²) in [7, 11) is 0. The molecule has 0 spiro atoms. The van der Waals surface area contributed by atoms with E-state index in [9.17, 15) is 9.59 Å². The number of benzene rings is 3. The molecule has 5 heteroatoms. The third-order valence-corrected chi connectivity index (χ3v) is 6.82. The van der Waals surface area contributed by atoms with Gasteiger partial charge in [0, 0.05) is 41.8 Å². The van der Waals surface area contributed by atoms with Crippen molar-refractivity contribution in [2.75, 3.05) is 13.1 Å². The lowest BCUT2D eigenvalue weighted by Gasteiger charge is -2.28. The van der Waals surface area contributed by atoms with Crippen LogP contribution in [0, 0.1) is 6.92 Å². The normalized spacial score (nSPS) is 13.1. The fourth-order valence-corrected chi connectivity index (χ4v) is 4.66. The van der Waals surface area contributed by atoms with Gasteiger partial charge in [0.25, 0.3) is 5.91 Å². The predicted octanol–water partition coefficient (Wildman–Crippen LogP) is 5.35. The van der Waals surface area contributed by atoms with E-state index in [2.05, 4.69) is 17.1 Å². The summed E-state index contributed by atoms with van der Waals surface area (Å²) < 4.78 is 0. The number of aromatic amines is 1. The molecule has 0 saturated heterocycles. The summed E-state index contributed by atoms with van der Waals surface area (Å²) in [6, 6.07) is 26.1. The summed E-state index contributed by atoms with van der Waals surface area (Å²) in [5.74, 6) is -0.0576. The van der Waals surface area contributed by atoms with Crippen LogP contribution in [0.3, 0.4) is 0 Å². The molecule has 1 heterocycles. The van der Waals surface area contributed by atoms with Crippen molar-refractivity contribution in [1.82, 2.24) is 14.8 Å². The molecular weight excluding hydrogens is 434 g/mol. The van der Waals surface area contributed by atoms with E-state index < -0.39 is 0 Å². The van der Waals surface area contributed by atoms with E-state index >= 15 is 0 Å². The van der Waals surface area contributed by atoms with Crippen molar-refractivity contribution >= 4 is 22.7 Å². The van der Waals surface area contributed by atoms with Gasteiger partial charge >= 0.3 is 0 Å². The number of hydrogen-bond donors (Lipinski definition) is 1.